The van der Waals surface area contributed by atoms with Crippen LogP contribution in [0.3, 0.4) is 0 Å². The topological polar surface area (TPSA) is 93.8 Å². The van der Waals surface area contributed by atoms with Crippen LogP contribution < -0.4 is 5.63 Å². The molecule has 0 fully saturated rings. The molecule has 1 atom stereocenters. The number of allylic oxidation sites excluding steroid dienone is 3. The van der Waals surface area contributed by atoms with Crippen molar-refractivity contribution in [1.29, 1.82) is 0 Å². The summed E-state index contributed by atoms with van der Waals surface area (Å²) in [5.41, 5.74) is -0.874. The predicted molar refractivity (Wildman–Crippen MR) is 131 cm³/mol. The van der Waals surface area contributed by atoms with E-state index in [0.29, 0.717) is 24.2 Å². The lowest BCUT2D eigenvalue weighted by Crippen LogP contribution is -2.16. The van der Waals surface area contributed by atoms with E-state index in [1.54, 1.807) is 30.4 Å². The highest BCUT2D eigenvalue weighted by Crippen LogP contribution is 2.27. The molecule has 0 amide bonds. The number of thiophene rings is 1. The second-order valence-electron chi connectivity index (χ2n) is 7.71. The van der Waals surface area contributed by atoms with Crippen LogP contribution in [-0.2, 0) is 16.0 Å². The quantitative estimate of drug-likeness (QED) is 0.182. The van der Waals surface area contributed by atoms with Crippen LogP contribution >= 0.6 is 11.3 Å². The second-order valence-corrected chi connectivity index (χ2v) is 8.91. The van der Waals surface area contributed by atoms with Crippen molar-refractivity contribution < 1.29 is 23.8 Å². The van der Waals surface area contributed by atoms with Crippen LogP contribution in [0.4, 0.5) is 0 Å². The summed E-state index contributed by atoms with van der Waals surface area (Å²) < 4.78 is 9.93. The maximum Gasteiger partial charge on any atom is 0.351 e. The first-order chi connectivity index (χ1) is 15.8. The van der Waals surface area contributed by atoms with E-state index >= 15 is 0 Å². The second kappa shape index (κ2) is 12.7. The summed E-state index contributed by atoms with van der Waals surface area (Å²) in [6, 6.07) is 5.26. The van der Waals surface area contributed by atoms with E-state index in [2.05, 4.69) is 11.3 Å². The first-order valence-corrected chi connectivity index (χ1v) is 11.6. The highest BCUT2D eigenvalue weighted by Gasteiger charge is 2.22. The molecule has 7 heteroatoms. The van der Waals surface area contributed by atoms with E-state index in [1.807, 2.05) is 31.2 Å². The van der Waals surface area contributed by atoms with E-state index in [4.69, 9.17) is 4.42 Å². The van der Waals surface area contributed by atoms with Gasteiger partial charge in [-0.25, -0.2) is 4.79 Å². The van der Waals surface area contributed by atoms with Gasteiger partial charge in [0.1, 0.15) is 17.1 Å². The summed E-state index contributed by atoms with van der Waals surface area (Å²) in [6.45, 7) is 7.19. The molecule has 1 N–H and O–H groups in total. The maximum absolute atomic E-state index is 12.8. The third kappa shape index (κ3) is 7.71. The number of ether oxygens (including phenoxy) is 1. The number of esters is 1. The lowest BCUT2D eigenvalue weighted by molar-refractivity contribution is -0.139. The van der Waals surface area contributed by atoms with Crippen molar-refractivity contribution in [3.8, 4) is 5.75 Å². The molecule has 0 bridgehead atoms. The summed E-state index contributed by atoms with van der Waals surface area (Å²) in [5.74, 6) is -1.11. The van der Waals surface area contributed by atoms with E-state index in [0.717, 1.165) is 17.7 Å². The lowest BCUT2D eigenvalue weighted by Gasteiger charge is -2.11. The number of rotatable bonds is 12. The largest absolute Gasteiger partial charge is 0.507 e. The Morgan fingerprint density at radius 1 is 1.27 bits per heavy atom. The molecule has 0 aliphatic heterocycles. The number of ketones is 1. The summed E-state index contributed by atoms with van der Waals surface area (Å²) in [6.07, 6.45) is 10.4. The Bertz CT molecular complexity index is 1100. The van der Waals surface area contributed by atoms with Gasteiger partial charge in [0, 0.05) is 21.7 Å². The zero-order valence-corrected chi connectivity index (χ0v) is 20.1. The minimum absolute atomic E-state index is 0.160. The highest BCUT2D eigenvalue weighted by molar-refractivity contribution is 7.12. The molecule has 0 spiro atoms. The van der Waals surface area contributed by atoms with Gasteiger partial charge in [0.05, 0.1) is 13.5 Å². The van der Waals surface area contributed by atoms with Crippen molar-refractivity contribution in [3.63, 3.8) is 0 Å². The molecule has 1 unspecified atom stereocenters. The summed E-state index contributed by atoms with van der Waals surface area (Å²) in [5, 5.41) is 10.4. The van der Waals surface area contributed by atoms with E-state index in [-0.39, 0.29) is 29.6 Å². The van der Waals surface area contributed by atoms with E-state index < -0.39 is 11.4 Å². The number of carbonyl (C=O) groups excluding carboxylic acids is 2. The van der Waals surface area contributed by atoms with Gasteiger partial charge < -0.3 is 14.3 Å². The van der Waals surface area contributed by atoms with Gasteiger partial charge in [-0.1, -0.05) is 25.2 Å². The van der Waals surface area contributed by atoms with Crippen molar-refractivity contribution >= 4 is 29.2 Å². The monoisotopic (exact) mass is 470 g/mol. The third-order valence-corrected chi connectivity index (χ3v) is 6.19. The van der Waals surface area contributed by atoms with Gasteiger partial charge >= 0.3 is 11.6 Å². The zero-order chi connectivity index (χ0) is 24.4. The van der Waals surface area contributed by atoms with Crippen LogP contribution in [0.25, 0.3) is 6.08 Å². The van der Waals surface area contributed by atoms with Crippen molar-refractivity contribution in [3.05, 3.63) is 80.1 Å². The fraction of sp³-hybridized carbons (Fsp3) is 0.346. The van der Waals surface area contributed by atoms with E-state index in [9.17, 15) is 19.5 Å². The average molecular weight is 471 g/mol. The molecule has 2 aromatic heterocycles. The molecule has 0 radical (unpaired) electrons. The molecule has 33 heavy (non-hydrogen) atoms. The Balaban J connectivity index is 2.09. The van der Waals surface area contributed by atoms with Crippen LogP contribution in [0.15, 0.2) is 57.8 Å². The van der Waals surface area contributed by atoms with Gasteiger partial charge in [-0.05, 0) is 56.4 Å². The van der Waals surface area contributed by atoms with Gasteiger partial charge in [-0.2, -0.15) is 0 Å². The number of aromatic hydroxyl groups is 1. The average Bonchev–Trinajstić information content (AvgIpc) is 3.23. The predicted octanol–water partition coefficient (Wildman–Crippen LogP) is 5.81. The molecule has 0 saturated heterocycles. The molecule has 2 heterocycles. The fourth-order valence-electron chi connectivity index (χ4n) is 3.15. The Labute approximate surface area is 197 Å². The van der Waals surface area contributed by atoms with Crippen LogP contribution in [-0.4, -0.2) is 24.0 Å². The van der Waals surface area contributed by atoms with Gasteiger partial charge in [0.25, 0.3) is 0 Å². The van der Waals surface area contributed by atoms with Crippen LogP contribution in [0, 0.1) is 0 Å². The summed E-state index contributed by atoms with van der Waals surface area (Å²) in [4.78, 5) is 38.5. The molecular formula is C26H30O6S. The number of hydrogen-bond acceptors (Lipinski definition) is 7. The standard InChI is InChI=1S/C26H30O6S/c1-5-6-11-19-13-14-20(33-19)15-18(3)25(29)24-21(27)16-22(32-26(24)30)17(2)10-8-7-9-12-23(28)31-4/h5,7,9,13-17,27H,1,6,8,10-12H2,2-4H3/b9-7+,18-15?. The van der Waals surface area contributed by atoms with Crippen molar-refractivity contribution in [1.82, 2.24) is 0 Å². The molecular weight excluding hydrogens is 440 g/mol. The Kier molecular flexibility index (Phi) is 10.1. The molecule has 2 rings (SSSR count). The normalized spacial score (nSPS) is 12.6. The first-order valence-electron chi connectivity index (χ1n) is 10.8. The zero-order valence-electron chi connectivity index (χ0n) is 19.3. The third-order valence-electron chi connectivity index (χ3n) is 5.10. The molecule has 0 aromatic carbocycles. The van der Waals surface area contributed by atoms with E-state index in [1.165, 1.54) is 18.1 Å². The maximum atomic E-state index is 12.8. The van der Waals surface area contributed by atoms with Crippen LogP contribution in [0.5, 0.6) is 5.75 Å². The highest BCUT2D eigenvalue weighted by atomic mass is 32.1. The van der Waals surface area contributed by atoms with Gasteiger partial charge in [0.2, 0.25) is 0 Å². The summed E-state index contributed by atoms with van der Waals surface area (Å²) in [7, 11) is 1.34. The van der Waals surface area contributed by atoms with Gasteiger partial charge in [0.15, 0.2) is 5.78 Å². The van der Waals surface area contributed by atoms with Crippen molar-refractivity contribution in [2.75, 3.05) is 7.11 Å². The molecule has 0 saturated carbocycles. The Hall–Kier alpha value is -3.19. The molecule has 6 nitrogen and oxygen atoms in total. The number of aryl methyl sites for hydroxylation is 1. The molecule has 0 aliphatic carbocycles. The van der Waals surface area contributed by atoms with Gasteiger partial charge in [-0.3, -0.25) is 9.59 Å². The van der Waals surface area contributed by atoms with Crippen LogP contribution in [0.2, 0.25) is 0 Å². The number of methoxy groups -OCH3 is 1. The summed E-state index contributed by atoms with van der Waals surface area (Å²) >= 11 is 1.57. The molecule has 0 aliphatic rings. The minimum Gasteiger partial charge on any atom is -0.507 e. The molecule has 176 valence electrons. The van der Waals surface area contributed by atoms with Crippen molar-refractivity contribution in [2.45, 2.75) is 51.9 Å². The van der Waals surface area contributed by atoms with Gasteiger partial charge in [-0.15, -0.1) is 17.9 Å². The first kappa shape index (κ1) is 26.1. The van der Waals surface area contributed by atoms with Crippen molar-refractivity contribution in [2.24, 2.45) is 0 Å². The fourth-order valence-corrected chi connectivity index (χ4v) is 4.18. The Morgan fingerprint density at radius 3 is 2.70 bits per heavy atom. The minimum atomic E-state index is -0.853. The Morgan fingerprint density at radius 2 is 2.03 bits per heavy atom. The smallest absolute Gasteiger partial charge is 0.351 e. The SMILES string of the molecule is C=CCCc1ccc(C=C(C)C(=O)c2c(O)cc(C(C)CC/C=C/CC(=O)OC)oc2=O)s1. The number of hydrogen-bond donors (Lipinski definition) is 1. The number of carbonyl (C=O) groups is 2. The number of Topliss-reactive ketones (excluding diaryl/α,β-unsaturated/α-hetero) is 1. The van der Waals surface area contributed by atoms with Crippen LogP contribution in [0.1, 0.15) is 71.3 Å². The lowest BCUT2D eigenvalue weighted by atomic mass is 9.99. The molecule has 2 aromatic rings.